The molecule has 4 amide bonds. The summed E-state index contributed by atoms with van der Waals surface area (Å²) in [7, 11) is 4.32. The summed E-state index contributed by atoms with van der Waals surface area (Å²) in [6.45, 7) is 0.126. The number of Topliss-reactive ketones (excluding diaryl/α,β-unsaturated/α-hetero) is 1. The Balaban J connectivity index is 1.72. The maximum absolute atomic E-state index is 14.5. The second-order valence-electron chi connectivity index (χ2n) is 9.85. The fraction of sp³-hybridized carbons (Fsp3) is 0.259. The van der Waals surface area contributed by atoms with Crippen molar-refractivity contribution in [3.63, 3.8) is 0 Å². The summed E-state index contributed by atoms with van der Waals surface area (Å²) in [4.78, 5) is 70.4. The molecule has 3 aromatic carbocycles. The third-order valence-corrected chi connectivity index (χ3v) is 8.35. The van der Waals surface area contributed by atoms with Gasteiger partial charge >= 0.3 is 6.03 Å². The number of rotatable bonds is 2. The lowest BCUT2D eigenvalue weighted by atomic mass is 9.58. The molecule has 10 heteroatoms. The predicted octanol–water partition coefficient (Wildman–Crippen LogP) is 2.91. The first-order chi connectivity index (χ1) is 17.6. The Bertz CT molecular complexity index is 1550. The third kappa shape index (κ3) is 2.43. The highest BCUT2D eigenvalue weighted by Crippen LogP contribution is 2.65. The SMILES string of the molecule is CN1C(=O)N(C)C(=O)C2(C1=O)[C@H](c1ccc([N+](=O)[O-])cc1)CN(C)[C@@]21C(=O)c2cccc3cccc1c23. The average Bonchev–Trinajstić information content (AvgIpc) is 3.33. The van der Waals surface area contributed by atoms with Crippen LogP contribution in [0.4, 0.5) is 10.5 Å². The predicted molar refractivity (Wildman–Crippen MR) is 132 cm³/mol. The van der Waals surface area contributed by atoms with Crippen LogP contribution in [0.1, 0.15) is 27.4 Å². The van der Waals surface area contributed by atoms with Crippen molar-refractivity contribution in [1.82, 2.24) is 14.7 Å². The van der Waals surface area contributed by atoms with Gasteiger partial charge in [0.05, 0.1) is 4.92 Å². The second-order valence-corrected chi connectivity index (χ2v) is 9.85. The Morgan fingerprint density at radius 1 is 0.865 bits per heavy atom. The molecule has 37 heavy (non-hydrogen) atoms. The van der Waals surface area contributed by atoms with E-state index in [1.807, 2.05) is 12.1 Å². The first-order valence-electron chi connectivity index (χ1n) is 11.7. The minimum atomic E-state index is -2.03. The molecule has 2 heterocycles. The number of hydrogen-bond donors (Lipinski definition) is 0. The minimum absolute atomic E-state index is 0.126. The summed E-state index contributed by atoms with van der Waals surface area (Å²) >= 11 is 0. The highest BCUT2D eigenvalue weighted by atomic mass is 16.6. The first kappa shape index (κ1) is 23.0. The maximum Gasteiger partial charge on any atom is 0.332 e. The van der Waals surface area contributed by atoms with E-state index in [1.54, 1.807) is 36.2 Å². The van der Waals surface area contributed by atoms with E-state index in [0.717, 1.165) is 15.2 Å². The van der Waals surface area contributed by atoms with Gasteiger partial charge in [0.2, 0.25) is 11.8 Å². The highest BCUT2D eigenvalue weighted by Gasteiger charge is 2.79. The number of barbiturate groups is 1. The average molecular weight is 498 g/mol. The van der Waals surface area contributed by atoms with Crippen LogP contribution in [0, 0.1) is 15.5 Å². The molecule has 10 nitrogen and oxygen atoms in total. The Kier molecular flexibility index (Phi) is 4.53. The number of likely N-dealkylation sites (tertiary alicyclic amines) is 1. The fourth-order valence-electron chi connectivity index (χ4n) is 6.83. The van der Waals surface area contributed by atoms with Crippen LogP contribution in [0.5, 0.6) is 0 Å². The number of imide groups is 2. The molecule has 2 saturated heterocycles. The normalized spacial score (nSPS) is 24.8. The zero-order chi connectivity index (χ0) is 26.4. The van der Waals surface area contributed by atoms with E-state index in [2.05, 4.69) is 0 Å². The van der Waals surface area contributed by atoms with Crippen LogP contribution in [-0.4, -0.2) is 70.9 Å². The van der Waals surface area contributed by atoms with E-state index in [0.29, 0.717) is 22.1 Å². The van der Waals surface area contributed by atoms with E-state index in [-0.39, 0.29) is 18.0 Å². The van der Waals surface area contributed by atoms with Gasteiger partial charge in [0.25, 0.3) is 5.69 Å². The van der Waals surface area contributed by atoms with Crippen LogP contribution in [-0.2, 0) is 15.1 Å². The quantitative estimate of drug-likeness (QED) is 0.303. The van der Waals surface area contributed by atoms with Gasteiger partial charge in [0, 0.05) is 44.3 Å². The Morgan fingerprint density at radius 2 is 1.46 bits per heavy atom. The number of ketones is 1. The number of fused-ring (bicyclic) bond motifs is 2. The summed E-state index contributed by atoms with van der Waals surface area (Å²) in [6, 6.07) is 15.6. The van der Waals surface area contributed by atoms with Gasteiger partial charge in [-0.05, 0) is 28.9 Å². The van der Waals surface area contributed by atoms with Gasteiger partial charge in [-0.1, -0.05) is 48.5 Å². The van der Waals surface area contributed by atoms with Gasteiger partial charge in [-0.25, -0.2) is 4.79 Å². The molecule has 0 unspecified atom stereocenters. The summed E-state index contributed by atoms with van der Waals surface area (Å²) in [6.07, 6.45) is 0. The molecule has 2 spiro atoms. The molecule has 2 atom stereocenters. The zero-order valence-corrected chi connectivity index (χ0v) is 20.3. The third-order valence-electron chi connectivity index (χ3n) is 8.35. The summed E-state index contributed by atoms with van der Waals surface area (Å²) in [5.74, 6) is -2.80. The molecule has 6 rings (SSSR count). The standard InChI is InChI=1S/C27H22N4O6/c1-28-14-20(15-10-12-17(13-11-15)31(36)37)26(23(33)29(2)25(35)30(3)24(26)34)27(28)19-9-5-7-16-6-4-8-18(21(16)19)22(27)32/h4-13,20H,14H2,1-3H3/t20-,27-/m0/s1. The van der Waals surface area contributed by atoms with Crippen molar-refractivity contribution in [1.29, 1.82) is 0 Å². The second kappa shape index (κ2) is 7.30. The molecule has 0 radical (unpaired) electrons. The summed E-state index contributed by atoms with van der Waals surface area (Å²) in [5.41, 5.74) is -2.46. The van der Waals surface area contributed by atoms with Crippen molar-refractivity contribution in [3.8, 4) is 0 Å². The van der Waals surface area contributed by atoms with Crippen LogP contribution in [0.25, 0.3) is 10.8 Å². The van der Waals surface area contributed by atoms with Gasteiger partial charge in [-0.3, -0.25) is 39.2 Å². The maximum atomic E-state index is 14.5. The van der Waals surface area contributed by atoms with E-state index < -0.39 is 39.6 Å². The molecule has 0 bridgehead atoms. The number of likely N-dealkylation sites (N-methyl/N-ethyl adjacent to an activating group) is 1. The number of carbonyl (C=O) groups excluding carboxylic acids is 4. The van der Waals surface area contributed by atoms with Crippen molar-refractivity contribution in [3.05, 3.63) is 87.5 Å². The molecule has 0 saturated carbocycles. The lowest BCUT2D eigenvalue weighted by Gasteiger charge is -2.50. The summed E-state index contributed by atoms with van der Waals surface area (Å²) < 4.78 is 0. The minimum Gasteiger partial charge on any atom is -0.292 e. The lowest BCUT2D eigenvalue weighted by Crippen LogP contribution is -2.72. The van der Waals surface area contributed by atoms with E-state index in [9.17, 15) is 29.3 Å². The van der Waals surface area contributed by atoms with Gasteiger partial charge < -0.3 is 0 Å². The number of benzene rings is 3. The van der Waals surface area contributed by atoms with E-state index >= 15 is 0 Å². The zero-order valence-electron chi connectivity index (χ0n) is 20.3. The van der Waals surface area contributed by atoms with Gasteiger partial charge in [0.15, 0.2) is 11.2 Å². The number of hydrogen-bond acceptors (Lipinski definition) is 7. The van der Waals surface area contributed by atoms with Crippen LogP contribution in [0.15, 0.2) is 60.7 Å². The largest absolute Gasteiger partial charge is 0.332 e. The van der Waals surface area contributed by atoms with Crippen molar-refractivity contribution in [2.24, 2.45) is 5.41 Å². The molecule has 0 N–H and O–H groups in total. The number of amides is 4. The summed E-state index contributed by atoms with van der Waals surface area (Å²) in [5, 5.41) is 12.8. The first-order valence-corrected chi connectivity index (χ1v) is 11.7. The molecule has 3 aromatic rings. The highest BCUT2D eigenvalue weighted by molar-refractivity contribution is 6.29. The smallest absolute Gasteiger partial charge is 0.292 e. The Morgan fingerprint density at radius 3 is 2.05 bits per heavy atom. The number of nitro groups is 1. The Labute approximate surface area is 211 Å². The molecular weight excluding hydrogens is 476 g/mol. The molecule has 0 aromatic heterocycles. The number of carbonyl (C=O) groups is 4. The van der Waals surface area contributed by atoms with Gasteiger partial charge in [-0.2, -0.15) is 0 Å². The van der Waals surface area contributed by atoms with Crippen molar-refractivity contribution in [2.75, 3.05) is 27.7 Å². The molecule has 2 aliphatic heterocycles. The molecule has 2 fully saturated rings. The molecule has 3 aliphatic rings. The monoisotopic (exact) mass is 498 g/mol. The van der Waals surface area contributed by atoms with E-state index in [1.165, 1.54) is 38.4 Å². The molecule has 186 valence electrons. The number of urea groups is 1. The van der Waals surface area contributed by atoms with Crippen molar-refractivity contribution < 1.29 is 24.1 Å². The van der Waals surface area contributed by atoms with Crippen LogP contribution < -0.4 is 0 Å². The van der Waals surface area contributed by atoms with Crippen LogP contribution >= 0.6 is 0 Å². The number of nitrogens with zero attached hydrogens (tertiary/aromatic N) is 4. The lowest BCUT2D eigenvalue weighted by molar-refractivity contribution is -0.384. The Hall–Kier alpha value is -4.44. The van der Waals surface area contributed by atoms with E-state index in [4.69, 9.17) is 0 Å². The molecular formula is C27H22N4O6. The molecule has 1 aliphatic carbocycles. The topological polar surface area (TPSA) is 121 Å². The number of nitro benzene ring substituents is 1. The van der Waals surface area contributed by atoms with Gasteiger partial charge in [0.1, 0.15) is 5.54 Å². The number of non-ortho nitro benzene ring substituents is 1. The van der Waals surface area contributed by atoms with Gasteiger partial charge in [-0.15, -0.1) is 0 Å². The van der Waals surface area contributed by atoms with Crippen LogP contribution in [0.3, 0.4) is 0 Å². The fourth-order valence-corrected chi connectivity index (χ4v) is 6.83. The van der Waals surface area contributed by atoms with Crippen LogP contribution in [0.2, 0.25) is 0 Å². The van der Waals surface area contributed by atoms with Crippen molar-refractivity contribution in [2.45, 2.75) is 11.5 Å². The van der Waals surface area contributed by atoms with Crippen molar-refractivity contribution >= 4 is 40.1 Å².